The minimum absolute atomic E-state index is 0.108. The van der Waals surface area contributed by atoms with Crippen molar-refractivity contribution in [3.05, 3.63) is 106 Å². The van der Waals surface area contributed by atoms with E-state index in [-0.39, 0.29) is 11.8 Å². The Morgan fingerprint density at radius 1 is 0.875 bits per heavy atom. The van der Waals surface area contributed by atoms with Gasteiger partial charge in [-0.05, 0) is 49.6 Å². The van der Waals surface area contributed by atoms with Gasteiger partial charge < -0.3 is 0 Å². The fraction of sp³-hybridized carbons (Fsp3) is 0.321. The van der Waals surface area contributed by atoms with Crippen molar-refractivity contribution in [2.24, 2.45) is 0 Å². The average molecular weight is 491 g/mol. The molecule has 1 fully saturated rings. The maximum atomic E-state index is 11.8. The van der Waals surface area contributed by atoms with Gasteiger partial charge in [0.05, 0.1) is 6.04 Å². The molecular weight excluding hydrogens is 460 g/mol. The zero-order valence-corrected chi connectivity index (χ0v) is 20.6. The quantitative estimate of drug-likeness (QED) is 0.376. The predicted octanol–water partition coefficient (Wildman–Crippen LogP) is 6.34. The molecule has 1 heterocycles. The van der Waals surface area contributed by atoms with Crippen LogP contribution in [-0.2, 0) is 6.54 Å². The number of Topliss-reactive ketones (excluding diaryl/α,β-unsaturated/α-hetero) is 1. The van der Waals surface area contributed by atoms with Crippen LogP contribution in [0.5, 0.6) is 0 Å². The first-order valence-corrected chi connectivity index (χ1v) is 12.1. The van der Waals surface area contributed by atoms with Crippen LogP contribution in [-0.4, -0.2) is 40.8 Å². The Labute approximate surface area is 200 Å². The molecule has 0 saturated carbocycles. The van der Waals surface area contributed by atoms with E-state index in [1.54, 1.807) is 6.92 Å². The molecule has 4 rings (SSSR count). The van der Waals surface area contributed by atoms with Crippen LogP contribution in [0.1, 0.15) is 53.9 Å². The third kappa shape index (κ3) is 5.20. The lowest BCUT2D eigenvalue weighted by Crippen LogP contribution is -2.56. The second kappa shape index (κ2) is 10.1. The van der Waals surface area contributed by atoms with Crippen LogP contribution in [0.25, 0.3) is 0 Å². The molecule has 3 nitrogen and oxygen atoms in total. The first kappa shape index (κ1) is 22.9. The van der Waals surface area contributed by atoms with Crippen LogP contribution in [0.2, 0.25) is 0 Å². The molecule has 0 spiro atoms. The van der Waals surface area contributed by atoms with E-state index in [1.807, 2.05) is 12.1 Å². The van der Waals surface area contributed by atoms with E-state index in [0.717, 1.165) is 29.7 Å². The van der Waals surface area contributed by atoms with Crippen LogP contribution in [0, 0.1) is 0 Å². The number of nitrogens with zero attached hydrogens (tertiary/aromatic N) is 2. The molecule has 3 aromatic carbocycles. The number of carbonyl (C=O) groups excluding carboxylic acids is 1. The summed E-state index contributed by atoms with van der Waals surface area (Å²) in [6.07, 6.45) is 0. The van der Waals surface area contributed by atoms with Crippen LogP contribution >= 0.6 is 15.9 Å². The van der Waals surface area contributed by atoms with E-state index in [1.165, 1.54) is 16.7 Å². The number of hydrogen-bond acceptors (Lipinski definition) is 3. The second-order valence-electron chi connectivity index (χ2n) is 8.94. The SMILES string of the molecule is CC(=O)c1ccc([C@@H](c2ccccc2)N2C[C@@H](C)N(Cc3ccc(Br)cc3)C[C@@H]2C)cc1. The molecule has 0 aromatic heterocycles. The predicted molar refractivity (Wildman–Crippen MR) is 135 cm³/mol. The minimum atomic E-state index is 0.108. The molecule has 166 valence electrons. The smallest absolute Gasteiger partial charge is 0.159 e. The van der Waals surface area contributed by atoms with Crippen molar-refractivity contribution in [2.45, 2.75) is 45.4 Å². The Morgan fingerprint density at radius 3 is 2.12 bits per heavy atom. The zero-order chi connectivity index (χ0) is 22.7. The number of carbonyl (C=O) groups is 1. The van der Waals surface area contributed by atoms with Crippen molar-refractivity contribution in [1.82, 2.24) is 9.80 Å². The van der Waals surface area contributed by atoms with Crippen LogP contribution in [0.4, 0.5) is 0 Å². The summed E-state index contributed by atoms with van der Waals surface area (Å²) in [5, 5.41) is 0. The molecule has 0 unspecified atom stereocenters. The lowest BCUT2D eigenvalue weighted by Gasteiger charge is -2.47. The first-order chi connectivity index (χ1) is 15.4. The van der Waals surface area contributed by atoms with E-state index in [4.69, 9.17) is 0 Å². The standard InChI is InChI=1S/C28H31BrN2O/c1-20-18-31(21(2)17-30(20)19-23-9-15-27(29)16-10-23)28(25-7-5-4-6-8-25)26-13-11-24(12-14-26)22(3)32/h4-16,20-21,28H,17-19H2,1-3H3/t20-,21+,28-/m1/s1. The third-order valence-electron chi connectivity index (χ3n) is 6.54. The van der Waals surface area contributed by atoms with Crippen molar-refractivity contribution < 1.29 is 4.79 Å². The fourth-order valence-corrected chi connectivity index (χ4v) is 5.00. The Bertz CT molecular complexity index is 1030. The van der Waals surface area contributed by atoms with Gasteiger partial charge in [0.2, 0.25) is 0 Å². The van der Waals surface area contributed by atoms with Gasteiger partial charge in [-0.2, -0.15) is 0 Å². The molecule has 3 aromatic rings. The van der Waals surface area contributed by atoms with Crippen LogP contribution in [0.3, 0.4) is 0 Å². The second-order valence-corrected chi connectivity index (χ2v) is 9.86. The molecular formula is C28H31BrN2O. The summed E-state index contributed by atoms with van der Waals surface area (Å²) in [5.41, 5.74) is 4.64. The van der Waals surface area contributed by atoms with E-state index < -0.39 is 0 Å². The lowest BCUT2D eigenvalue weighted by molar-refractivity contribution is 0.0195. The van der Waals surface area contributed by atoms with E-state index in [0.29, 0.717) is 12.1 Å². The number of halogens is 1. The summed E-state index contributed by atoms with van der Waals surface area (Å²) >= 11 is 3.53. The topological polar surface area (TPSA) is 23.6 Å². The Hall–Kier alpha value is -2.27. The number of benzene rings is 3. The fourth-order valence-electron chi connectivity index (χ4n) is 4.74. The normalized spacial score (nSPS) is 20.8. The molecule has 32 heavy (non-hydrogen) atoms. The van der Waals surface area contributed by atoms with E-state index >= 15 is 0 Å². The molecule has 1 aliphatic rings. The summed E-state index contributed by atoms with van der Waals surface area (Å²) in [7, 11) is 0. The molecule has 1 aliphatic heterocycles. The zero-order valence-electron chi connectivity index (χ0n) is 19.0. The number of rotatable bonds is 6. The number of piperazine rings is 1. The van der Waals surface area contributed by atoms with Gasteiger partial charge in [0, 0.05) is 41.8 Å². The summed E-state index contributed by atoms with van der Waals surface area (Å²) < 4.78 is 1.12. The molecule has 0 radical (unpaired) electrons. The highest BCUT2D eigenvalue weighted by atomic mass is 79.9. The monoisotopic (exact) mass is 490 g/mol. The van der Waals surface area contributed by atoms with E-state index in [9.17, 15) is 4.79 Å². The maximum absolute atomic E-state index is 11.8. The first-order valence-electron chi connectivity index (χ1n) is 11.3. The molecule has 4 heteroatoms. The van der Waals surface area contributed by atoms with Crippen LogP contribution in [0.15, 0.2) is 83.3 Å². The van der Waals surface area contributed by atoms with Gasteiger partial charge in [0.1, 0.15) is 0 Å². The lowest BCUT2D eigenvalue weighted by atomic mass is 9.92. The largest absolute Gasteiger partial charge is 0.295 e. The highest BCUT2D eigenvalue weighted by Crippen LogP contribution is 2.33. The number of ketones is 1. The molecule has 0 aliphatic carbocycles. The van der Waals surface area contributed by atoms with Crippen molar-refractivity contribution in [3.63, 3.8) is 0 Å². The summed E-state index contributed by atoms with van der Waals surface area (Å²) in [5.74, 6) is 0.108. The molecule has 0 N–H and O–H groups in total. The van der Waals surface area contributed by atoms with Gasteiger partial charge in [-0.15, -0.1) is 0 Å². The summed E-state index contributed by atoms with van der Waals surface area (Å²) in [6.45, 7) is 9.27. The Balaban J connectivity index is 1.59. The highest BCUT2D eigenvalue weighted by Gasteiger charge is 2.34. The average Bonchev–Trinajstić information content (AvgIpc) is 2.80. The Kier molecular flexibility index (Phi) is 7.24. The van der Waals surface area contributed by atoms with Crippen molar-refractivity contribution in [3.8, 4) is 0 Å². The number of hydrogen-bond donors (Lipinski definition) is 0. The van der Waals surface area contributed by atoms with Gasteiger partial charge >= 0.3 is 0 Å². The maximum Gasteiger partial charge on any atom is 0.159 e. The summed E-state index contributed by atoms with van der Waals surface area (Å²) in [4.78, 5) is 17.0. The highest BCUT2D eigenvalue weighted by molar-refractivity contribution is 9.10. The van der Waals surface area contributed by atoms with Gasteiger partial charge in [-0.3, -0.25) is 14.6 Å². The summed E-state index contributed by atoms with van der Waals surface area (Å²) in [6, 6.07) is 28.6. The third-order valence-corrected chi connectivity index (χ3v) is 7.07. The van der Waals surface area contributed by atoms with Crippen molar-refractivity contribution >= 4 is 21.7 Å². The van der Waals surface area contributed by atoms with Crippen molar-refractivity contribution in [2.75, 3.05) is 13.1 Å². The molecule has 0 amide bonds. The minimum Gasteiger partial charge on any atom is -0.295 e. The van der Waals surface area contributed by atoms with E-state index in [2.05, 4.69) is 106 Å². The van der Waals surface area contributed by atoms with Gasteiger partial charge in [0.15, 0.2) is 5.78 Å². The van der Waals surface area contributed by atoms with Gasteiger partial charge in [-0.25, -0.2) is 0 Å². The van der Waals surface area contributed by atoms with Crippen molar-refractivity contribution in [1.29, 1.82) is 0 Å². The Morgan fingerprint density at radius 2 is 1.50 bits per heavy atom. The molecule has 3 atom stereocenters. The van der Waals surface area contributed by atoms with Crippen LogP contribution < -0.4 is 0 Å². The molecule has 0 bridgehead atoms. The molecule has 1 saturated heterocycles. The van der Waals surface area contributed by atoms with Gasteiger partial charge in [0.25, 0.3) is 0 Å². The van der Waals surface area contributed by atoms with Gasteiger partial charge in [-0.1, -0.05) is 82.7 Å².